The second-order valence-electron chi connectivity index (χ2n) is 5.86. The van der Waals surface area contributed by atoms with Gasteiger partial charge in [0.15, 0.2) is 0 Å². The van der Waals surface area contributed by atoms with Gasteiger partial charge in [-0.15, -0.1) is 0 Å². The Bertz CT molecular complexity index is 445. The Balaban J connectivity index is 1.84. The molecule has 2 fully saturated rings. The molecular weight excluding hydrogens is 258 g/mol. The van der Waals surface area contributed by atoms with Crippen molar-refractivity contribution >= 4 is 11.9 Å². The molecule has 0 N–H and O–H groups in total. The van der Waals surface area contributed by atoms with Crippen LogP contribution in [0.3, 0.4) is 0 Å². The van der Waals surface area contributed by atoms with Gasteiger partial charge in [0.1, 0.15) is 0 Å². The van der Waals surface area contributed by atoms with Crippen molar-refractivity contribution in [2.75, 3.05) is 19.7 Å². The van der Waals surface area contributed by atoms with Crippen LogP contribution in [0.2, 0.25) is 0 Å². The largest absolute Gasteiger partial charge is 0.464 e. The van der Waals surface area contributed by atoms with Crippen molar-refractivity contribution in [1.29, 1.82) is 0 Å². The second-order valence-corrected chi connectivity index (χ2v) is 5.86. The Morgan fingerprint density at radius 3 is 2.85 bits per heavy atom. The fourth-order valence-corrected chi connectivity index (χ4v) is 3.65. The monoisotopic (exact) mass is 279 g/mol. The van der Waals surface area contributed by atoms with Gasteiger partial charge in [0.2, 0.25) is 0 Å². The fourth-order valence-electron chi connectivity index (χ4n) is 3.65. The van der Waals surface area contributed by atoms with Crippen molar-refractivity contribution in [2.24, 2.45) is 16.1 Å². The number of fused-ring (bicyclic) bond motifs is 1. The van der Waals surface area contributed by atoms with E-state index in [0.717, 1.165) is 25.7 Å². The predicted octanol–water partition coefficient (Wildman–Crippen LogP) is 1.55. The van der Waals surface area contributed by atoms with E-state index in [1.807, 2.05) is 4.90 Å². The summed E-state index contributed by atoms with van der Waals surface area (Å²) in [5, 5.41) is 7.98. The highest BCUT2D eigenvalue weighted by Gasteiger charge is 2.64. The first kappa shape index (κ1) is 13.5. The van der Waals surface area contributed by atoms with Crippen molar-refractivity contribution in [3.8, 4) is 0 Å². The quantitative estimate of drug-likeness (QED) is 0.581. The topological polar surface area (TPSA) is 71.3 Å². The molecule has 0 radical (unpaired) electrons. The maximum absolute atomic E-state index is 12.8. The van der Waals surface area contributed by atoms with E-state index in [4.69, 9.17) is 4.74 Å². The average Bonchev–Trinajstić information content (AvgIpc) is 3.00. The van der Waals surface area contributed by atoms with Gasteiger partial charge in [0.25, 0.3) is 11.4 Å². The normalized spacial score (nSPS) is 33.5. The van der Waals surface area contributed by atoms with E-state index in [-0.39, 0.29) is 24.5 Å². The molecule has 1 saturated heterocycles. The SMILES string of the molecule is CCOC(=O)C12N=NCC1CN(C1CCCCC1)C2=O. The molecule has 2 heterocycles. The van der Waals surface area contributed by atoms with Gasteiger partial charge in [0, 0.05) is 18.5 Å². The van der Waals surface area contributed by atoms with Gasteiger partial charge in [-0.25, -0.2) is 4.79 Å². The van der Waals surface area contributed by atoms with Gasteiger partial charge >= 0.3 is 5.97 Å². The zero-order valence-electron chi connectivity index (χ0n) is 11.9. The third-order valence-electron chi connectivity index (χ3n) is 4.73. The van der Waals surface area contributed by atoms with E-state index < -0.39 is 11.5 Å². The lowest BCUT2D eigenvalue weighted by molar-refractivity contribution is -0.155. The molecule has 0 bridgehead atoms. The molecule has 1 aliphatic carbocycles. The molecule has 3 aliphatic rings. The molecule has 0 aromatic rings. The summed E-state index contributed by atoms with van der Waals surface area (Å²) in [6, 6.07) is 0.267. The highest BCUT2D eigenvalue weighted by atomic mass is 16.5. The summed E-state index contributed by atoms with van der Waals surface area (Å²) < 4.78 is 5.10. The summed E-state index contributed by atoms with van der Waals surface area (Å²) >= 11 is 0. The van der Waals surface area contributed by atoms with Crippen molar-refractivity contribution in [1.82, 2.24) is 4.90 Å². The molecule has 0 spiro atoms. The number of hydrogen-bond acceptors (Lipinski definition) is 5. The zero-order valence-corrected chi connectivity index (χ0v) is 11.9. The van der Waals surface area contributed by atoms with Crippen LogP contribution in [-0.4, -0.2) is 48.1 Å². The number of azo groups is 1. The zero-order chi connectivity index (χ0) is 14.2. The molecule has 0 aromatic heterocycles. The lowest BCUT2D eigenvalue weighted by atomic mass is 9.88. The molecule has 0 aromatic carbocycles. The number of nitrogens with zero attached hydrogens (tertiary/aromatic N) is 3. The molecule has 2 atom stereocenters. The molecule has 2 aliphatic heterocycles. The Hall–Kier alpha value is -1.46. The van der Waals surface area contributed by atoms with E-state index >= 15 is 0 Å². The van der Waals surface area contributed by atoms with Crippen LogP contribution in [-0.2, 0) is 14.3 Å². The van der Waals surface area contributed by atoms with Crippen molar-refractivity contribution in [2.45, 2.75) is 50.6 Å². The van der Waals surface area contributed by atoms with Crippen LogP contribution in [0.1, 0.15) is 39.0 Å². The van der Waals surface area contributed by atoms with Crippen LogP contribution in [0.25, 0.3) is 0 Å². The lowest BCUT2D eigenvalue weighted by Gasteiger charge is -2.31. The number of amides is 1. The van der Waals surface area contributed by atoms with E-state index in [2.05, 4.69) is 10.2 Å². The summed E-state index contributed by atoms with van der Waals surface area (Å²) in [5.41, 5.74) is -1.37. The maximum Gasteiger partial charge on any atom is 0.346 e. The minimum absolute atomic E-state index is 0.143. The minimum atomic E-state index is -1.37. The Labute approximate surface area is 118 Å². The van der Waals surface area contributed by atoms with Crippen LogP contribution in [0.4, 0.5) is 0 Å². The smallest absolute Gasteiger partial charge is 0.346 e. The molecule has 2 unspecified atom stereocenters. The number of carbonyl (C=O) groups is 2. The predicted molar refractivity (Wildman–Crippen MR) is 71.2 cm³/mol. The van der Waals surface area contributed by atoms with Gasteiger partial charge in [-0.2, -0.15) is 10.2 Å². The number of likely N-dealkylation sites (tertiary alicyclic amines) is 1. The van der Waals surface area contributed by atoms with Gasteiger partial charge in [-0.05, 0) is 19.8 Å². The fraction of sp³-hybridized carbons (Fsp3) is 0.857. The molecule has 20 heavy (non-hydrogen) atoms. The number of carbonyl (C=O) groups excluding carboxylic acids is 2. The summed E-state index contributed by atoms with van der Waals surface area (Å²) in [6.07, 6.45) is 5.63. The van der Waals surface area contributed by atoms with Crippen LogP contribution in [0, 0.1) is 5.92 Å². The van der Waals surface area contributed by atoms with Crippen LogP contribution in [0.5, 0.6) is 0 Å². The third-order valence-corrected chi connectivity index (χ3v) is 4.73. The van der Waals surface area contributed by atoms with Gasteiger partial charge in [0.05, 0.1) is 13.2 Å². The lowest BCUT2D eigenvalue weighted by Crippen LogP contribution is -2.50. The van der Waals surface area contributed by atoms with Gasteiger partial charge < -0.3 is 9.64 Å². The second kappa shape index (κ2) is 5.14. The van der Waals surface area contributed by atoms with Crippen molar-refractivity contribution in [3.63, 3.8) is 0 Å². The molecule has 6 nitrogen and oxygen atoms in total. The molecule has 110 valence electrons. The number of rotatable bonds is 3. The minimum Gasteiger partial charge on any atom is -0.464 e. The Morgan fingerprint density at radius 1 is 1.40 bits per heavy atom. The van der Waals surface area contributed by atoms with Gasteiger partial charge in [-0.3, -0.25) is 4.79 Å². The number of esters is 1. The summed E-state index contributed by atoms with van der Waals surface area (Å²) in [4.78, 5) is 26.9. The Morgan fingerprint density at radius 2 is 2.15 bits per heavy atom. The standard InChI is InChI=1S/C14H21N3O3/c1-2-20-13(19)14-10(8-15-16-14)9-17(12(14)18)11-6-4-3-5-7-11/h10-11H,2-9H2,1H3. The molecule has 1 saturated carbocycles. The van der Waals surface area contributed by atoms with E-state index in [0.29, 0.717) is 13.1 Å². The van der Waals surface area contributed by atoms with E-state index in [1.54, 1.807) is 6.92 Å². The molecule has 1 amide bonds. The summed E-state index contributed by atoms with van der Waals surface area (Å²) in [6.45, 7) is 3.05. The molecule has 3 rings (SSSR count). The highest BCUT2D eigenvalue weighted by Crippen LogP contribution is 2.41. The highest BCUT2D eigenvalue weighted by molar-refractivity contribution is 6.10. The maximum atomic E-state index is 12.8. The van der Waals surface area contributed by atoms with E-state index in [1.165, 1.54) is 6.42 Å². The van der Waals surface area contributed by atoms with E-state index in [9.17, 15) is 9.59 Å². The van der Waals surface area contributed by atoms with Crippen molar-refractivity contribution < 1.29 is 14.3 Å². The van der Waals surface area contributed by atoms with Gasteiger partial charge in [-0.1, -0.05) is 19.3 Å². The third kappa shape index (κ3) is 1.84. The first-order valence-corrected chi connectivity index (χ1v) is 7.57. The van der Waals surface area contributed by atoms with Crippen LogP contribution in [0.15, 0.2) is 10.2 Å². The first-order chi connectivity index (χ1) is 9.70. The van der Waals surface area contributed by atoms with Crippen LogP contribution < -0.4 is 0 Å². The van der Waals surface area contributed by atoms with Crippen LogP contribution >= 0.6 is 0 Å². The number of ether oxygens (including phenoxy) is 1. The summed E-state index contributed by atoms with van der Waals surface area (Å²) in [7, 11) is 0. The molecular formula is C14H21N3O3. The average molecular weight is 279 g/mol. The first-order valence-electron chi connectivity index (χ1n) is 7.57. The number of hydrogen-bond donors (Lipinski definition) is 0. The summed E-state index contributed by atoms with van der Waals surface area (Å²) in [5.74, 6) is -0.848. The Kier molecular flexibility index (Phi) is 3.48. The van der Waals surface area contributed by atoms with Crippen molar-refractivity contribution in [3.05, 3.63) is 0 Å². The molecule has 6 heteroatoms.